The van der Waals surface area contributed by atoms with Gasteiger partial charge in [0.05, 0.1) is 0 Å². The molecular formula is C12H19N3S. The van der Waals surface area contributed by atoms with Crippen molar-refractivity contribution in [3.8, 4) is 0 Å². The number of aromatic nitrogens is 2. The standard InChI is InChI=1S/C12H19N3S/c1-8(2-3-9-4-5-9)13-12-15-14-11(16-12)10-6-7-10/h8-10H,2-7H2,1H3,(H,13,15). The largest absolute Gasteiger partial charge is 0.358 e. The van der Waals surface area contributed by atoms with Gasteiger partial charge in [0, 0.05) is 12.0 Å². The van der Waals surface area contributed by atoms with E-state index in [-0.39, 0.29) is 0 Å². The van der Waals surface area contributed by atoms with Crippen LogP contribution in [0.3, 0.4) is 0 Å². The summed E-state index contributed by atoms with van der Waals surface area (Å²) in [6.07, 6.45) is 8.18. The van der Waals surface area contributed by atoms with Gasteiger partial charge in [0.2, 0.25) is 5.13 Å². The normalized spacial score (nSPS) is 22.1. The second-order valence-corrected chi connectivity index (χ2v) is 6.29. The van der Waals surface area contributed by atoms with E-state index in [1.165, 1.54) is 43.5 Å². The highest BCUT2D eigenvalue weighted by Crippen LogP contribution is 2.42. The van der Waals surface area contributed by atoms with Gasteiger partial charge in [-0.15, -0.1) is 10.2 Å². The van der Waals surface area contributed by atoms with E-state index in [0.29, 0.717) is 6.04 Å². The van der Waals surface area contributed by atoms with Crippen molar-refractivity contribution in [2.24, 2.45) is 5.92 Å². The van der Waals surface area contributed by atoms with Crippen molar-refractivity contribution < 1.29 is 0 Å². The molecule has 88 valence electrons. The Bertz CT molecular complexity index is 355. The third-order valence-corrected chi connectivity index (χ3v) is 4.46. The molecule has 1 unspecified atom stereocenters. The summed E-state index contributed by atoms with van der Waals surface area (Å²) < 4.78 is 0. The maximum Gasteiger partial charge on any atom is 0.205 e. The highest BCUT2D eigenvalue weighted by atomic mass is 32.1. The van der Waals surface area contributed by atoms with Crippen LogP contribution in [0.1, 0.15) is 56.4 Å². The fraction of sp³-hybridized carbons (Fsp3) is 0.833. The van der Waals surface area contributed by atoms with E-state index in [1.807, 2.05) is 0 Å². The molecule has 1 N–H and O–H groups in total. The van der Waals surface area contributed by atoms with Crippen LogP contribution in [0.15, 0.2) is 0 Å². The van der Waals surface area contributed by atoms with Crippen molar-refractivity contribution in [3.63, 3.8) is 0 Å². The molecule has 3 nitrogen and oxygen atoms in total. The van der Waals surface area contributed by atoms with Gasteiger partial charge in [0.25, 0.3) is 0 Å². The number of hydrogen-bond acceptors (Lipinski definition) is 4. The Balaban J connectivity index is 1.47. The second-order valence-electron chi connectivity index (χ2n) is 5.29. The maximum atomic E-state index is 4.24. The van der Waals surface area contributed by atoms with Crippen molar-refractivity contribution >= 4 is 16.5 Å². The number of nitrogens with zero attached hydrogens (tertiary/aromatic N) is 2. The van der Waals surface area contributed by atoms with Crippen LogP contribution in [0.5, 0.6) is 0 Å². The van der Waals surface area contributed by atoms with Crippen molar-refractivity contribution in [3.05, 3.63) is 5.01 Å². The Morgan fingerprint density at radius 1 is 1.31 bits per heavy atom. The first-order chi connectivity index (χ1) is 7.81. The lowest BCUT2D eigenvalue weighted by atomic mass is 10.1. The summed E-state index contributed by atoms with van der Waals surface area (Å²) in [5.74, 6) is 1.76. The molecule has 0 spiro atoms. The summed E-state index contributed by atoms with van der Waals surface area (Å²) in [6, 6.07) is 0.542. The van der Waals surface area contributed by atoms with E-state index >= 15 is 0 Å². The van der Waals surface area contributed by atoms with Gasteiger partial charge in [-0.1, -0.05) is 24.2 Å². The lowest BCUT2D eigenvalue weighted by Crippen LogP contribution is -2.14. The van der Waals surface area contributed by atoms with Gasteiger partial charge in [-0.2, -0.15) is 0 Å². The average Bonchev–Trinajstić information content (AvgIpc) is 3.17. The summed E-state index contributed by atoms with van der Waals surface area (Å²) >= 11 is 1.75. The van der Waals surface area contributed by atoms with E-state index in [1.54, 1.807) is 11.3 Å². The fourth-order valence-electron chi connectivity index (χ4n) is 1.96. The van der Waals surface area contributed by atoms with Gasteiger partial charge in [-0.25, -0.2) is 0 Å². The van der Waals surface area contributed by atoms with Crippen LogP contribution in [0.2, 0.25) is 0 Å². The first-order valence-electron chi connectivity index (χ1n) is 6.41. The Hall–Kier alpha value is -0.640. The fourth-order valence-corrected chi connectivity index (χ4v) is 2.99. The average molecular weight is 237 g/mol. The predicted molar refractivity (Wildman–Crippen MR) is 66.9 cm³/mol. The van der Waals surface area contributed by atoms with Crippen LogP contribution in [0, 0.1) is 5.92 Å². The molecule has 4 heteroatoms. The van der Waals surface area contributed by atoms with E-state index < -0.39 is 0 Å². The van der Waals surface area contributed by atoms with Gasteiger partial charge in [-0.3, -0.25) is 0 Å². The number of rotatable bonds is 6. The van der Waals surface area contributed by atoms with Crippen LogP contribution in [0.25, 0.3) is 0 Å². The summed E-state index contributed by atoms with van der Waals surface area (Å²) in [4.78, 5) is 0. The molecule has 0 aliphatic heterocycles. The van der Waals surface area contributed by atoms with Gasteiger partial charge < -0.3 is 5.32 Å². The molecule has 0 radical (unpaired) electrons. The Labute approximate surface area is 101 Å². The molecule has 0 saturated heterocycles. The van der Waals surface area contributed by atoms with Gasteiger partial charge in [-0.05, 0) is 38.5 Å². The van der Waals surface area contributed by atoms with Crippen molar-refractivity contribution in [1.29, 1.82) is 0 Å². The van der Waals surface area contributed by atoms with E-state index in [4.69, 9.17) is 0 Å². The van der Waals surface area contributed by atoms with Crippen LogP contribution in [-0.2, 0) is 0 Å². The summed E-state index contributed by atoms with van der Waals surface area (Å²) in [5.41, 5.74) is 0. The van der Waals surface area contributed by atoms with Crippen molar-refractivity contribution in [2.45, 2.75) is 57.4 Å². The number of anilines is 1. The molecule has 2 aliphatic carbocycles. The molecule has 1 aromatic rings. The molecule has 0 aromatic carbocycles. The lowest BCUT2D eigenvalue weighted by molar-refractivity contribution is 0.609. The zero-order valence-electron chi connectivity index (χ0n) is 9.78. The number of nitrogens with one attached hydrogen (secondary N) is 1. The van der Waals surface area contributed by atoms with Crippen molar-refractivity contribution in [2.75, 3.05) is 5.32 Å². The van der Waals surface area contributed by atoms with Crippen LogP contribution < -0.4 is 5.32 Å². The van der Waals surface area contributed by atoms with E-state index in [2.05, 4.69) is 22.4 Å². The monoisotopic (exact) mass is 237 g/mol. The van der Waals surface area contributed by atoms with Gasteiger partial charge >= 0.3 is 0 Å². The smallest absolute Gasteiger partial charge is 0.205 e. The summed E-state index contributed by atoms with van der Waals surface area (Å²) in [6.45, 7) is 2.25. The highest BCUT2D eigenvalue weighted by molar-refractivity contribution is 7.15. The lowest BCUT2D eigenvalue weighted by Gasteiger charge is -2.11. The van der Waals surface area contributed by atoms with Crippen LogP contribution in [-0.4, -0.2) is 16.2 Å². The summed E-state index contributed by atoms with van der Waals surface area (Å²) in [7, 11) is 0. The first-order valence-corrected chi connectivity index (χ1v) is 7.23. The molecule has 0 bridgehead atoms. The zero-order valence-corrected chi connectivity index (χ0v) is 10.6. The molecule has 1 atom stereocenters. The van der Waals surface area contributed by atoms with E-state index in [0.717, 1.165) is 17.0 Å². The quantitative estimate of drug-likeness (QED) is 0.824. The topological polar surface area (TPSA) is 37.8 Å². The third kappa shape index (κ3) is 2.73. The van der Waals surface area contributed by atoms with Crippen molar-refractivity contribution in [1.82, 2.24) is 10.2 Å². The van der Waals surface area contributed by atoms with Crippen LogP contribution in [0.4, 0.5) is 5.13 Å². The maximum absolute atomic E-state index is 4.24. The number of hydrogen-bond donors (Lipinski definition) is 1. The minimum atomic E-state index is 0.542. The molecule has 3 rings (SSSR count). The second kappa shape index (κ2) is 4.32. The molecule has 2 aliphatic rings. The van der Waals surface area contributed by atoms with Gasteiger partial charge in [0.15, 0.2) is 0 Å². The zero-order chi connectivity index (χ0) is 11.0. The third-order valence-electron chi connectivity index (χ3n) is 3.44. The molecular weight excluding hydrogens is 218 g/mol. The van der Waals surface area contributed by atoms with Crippen LogP contribution >= 0.6 is 11.3 Å². The molecule has 2 fully saturated rings. The van der Waals surface area contributed by atoms with E-state index in [9.17, 15) is 0 Å². The Morgan fingerprint density at radius 2 is 2.12 bits per heavy atom. The molecule has 2 saturated carbocycles. The molecule has 1 heterocycles. The minimum absolute atomic E-state index is 0.542. The Morgan fingerprint density at radius 3 is 2.81 bits per heavy atom. The minimum Gasteiger partial charge on any atom is -0.358 e. The summed E-state index contributed by atoms with van der Waals surface area (Å²) in [5, 5.41) is 14.2. The molecule has 1 aromatic heterocycles. The predicted octanol–water partition coefficient (Wildman–Crippen LogP) is 3.41. The first kappa shape index (κ1) is 10.5. The van der Waals surface area contributed by atoms with Gasteiger partial charge in [0.1, 0.15) is 5.01 Å². The molecule has 0 amide bonds. The Kier molecular flexibility index (Phi) is 2.84. The molecule has 16 heavy (non-hydrogen) atoms. The highest BCUT2D eigenvalue weighted by Gasteiger charge is 2.27. The SMILES string of the molecule is CC(CCC1CC1)Nc1nnc(C2CC2)s1.